The highest BCUT2D eigenvalue weighted by Gasteiger charge is 2.39. The predicted octanol–water partition coefficient (Wildman–Crippen LogP) is 1.84. The summed E-state index contributed by atoms with van der Waals surface area (Å²) in [6, 6.07) is 4.31. The van der Waals surface area contributed by atoms with E-state index in [2.05, 4.69) is 0 Å². The van der Waals surface area contributed by atoms with Crippen LogP contribution < -0.4 is 9.47 Å². The van der Waals surface area contributed by atoms with Gasteiger partial charge in [-0.25, -0.2) is 4.79 Å². The number of ketones is 1. The van der Waals surface area contributed by atoms with Crippen molar-refractivity contribution in [3.8, 4) is 11.5 Å². The third kappa shape index (κ3) is 2.96. The number of carbonyl (C=O) groups is 2. The highest BCUT2D eigenvalue weighted by atomic mass is 16.7. The minimum atomic E-state index is -0.660. The van der Waals surface area contributed by atoms with Gasteiger partial charge in [0.15, 0.2) is 22.9 Å². The Morgan fingerprint density at radius 1 is 1.26 bits per heavy atom. The molecule has 2 heterocycles. The molecular formula is C16H19NO6. The number of benzene rings is 1. The van der Waals surface area contributed by atoms with Crippen LogP contribution in [-0.4, -0.2) is 55.5 Å². The lowest BCUT2D eigenvalue weighted by Gasteiger charge is -2.38. The quantitative estimate of drug-likeness (QED) is 0.788. The second kappa shape index (κ2) is 5.73. The second-order valence-electron chi connectivity index (χ2n) is 6.03. The van der Waals surface area contributed by atoms with Crippen LogP contribution in [-0.2, 0) is 9.47 Å². The van der Waals surface area contributed by atoms with Gasteiger partial charge in [-0.15, -0.1) is 0 Å². The normalized spacial score (nSPS) is 18.7. The lowest BCUT2D eigenvalue weighted by atomic mass is 10.0. The predicted molar refractivity (Wildman–Crippen MR) is 79.8 cm³/mol. The lowest BCUT2D eigenvalue weighted by Crippen LogP contribution is -2.53. The molecule has 3 rings (SSSR count). The van der Waals surface area contributed by atoms with E-state index in [9.17, 15) is 9.59 Å². The third-order valence-corrected chi connectivity index (χ3v) is 4.05. The Bertz CT molecular complexity index is 639. The van der Waals surface area contributed by atoms with E-state index in [0.717, 1.165) is 0 Å². The van der Waals surface area contributed by atoms with Crippen molar-refractivity contribution in [3.63, 3.8) is 0 Å². The van der Waals surface area contributed by atoms with Gasteiger partial charge in [0.25, 0.3) is 0 Å². The van der Waals surface area contributed by atoms with Gasteiger partial charge in [-0.2, -0.15) is 0 Å². The minimum absolute atomic E-state index is 0.148. The molecular weight excluding hydrogens is 302 g/mol. The molecule has 0 radical (unpaired) electrons. The van der Waals surface area contributed by atoms with E-state index < -0.39 is 17.7 Å². The summed E-state index contributed by atoms with van der Waals surface area (Å²) >= 11 is 0. The molecule has 0 aromatic heterocycles. The third-order valence-electron chi connectivity index (χ3n) is 4.05. The number of nitrogens with zero attached hydrogens (tertiary/aromatic N) is 1. The van der Waals surface area contributed by atoms with Crippen molar-refractivity contribution in [3.05, 3.63) is 23.8 Å². The van der Waals surface area contributed by atoms with E-state index in [0.29, 0.717) is 30.3 Å². The highest BCUT2D eigenvalue weighted by Crippen LogP contribution is 2.33. The van der Waals surface area contributed by atoms with Crippen molar-refractivity contribution in [2.45, 2.75) is 25.5 Å². The molecule has 7 heteroatoms. The zero-order chi connectivity index (χ0) is 16.6. The summed E-state index contributed by atoms with van der Waals surface area (Å²) in [6.07, 6.45) is -0.544. The lowest BCUT2D eigenvalue weighted by molar-refractivity contribution is -0.171. The first-order valence-electron chi connectivity index (χ1n) is 7.37. The Balaban J connectivity index is 1.67. The van der Waals surface area contributed by atoms with E-state index in [-0.39, 0.29) is 12.6 Å². The molecule has 1 atom stereocenters. The van der Waals surface area contributed by atoms with Gasteiger partial charge in [0, 0.05) is 12.6 Å². The molecule has 0 saturated carbocycles. The molecule has 2 aliphatic heterocycles. The van der Waals surface area contributed by atoms with E-state index in [1.165, 1.54) is 4.90 Å². The SMILES string of the molecule is CC(C(=O)c1ccc2c(c1)OCO2)N(C)C(=O)OC1(C)COC1. The fraction of sp³-hybridized carbons (Fsp3) is 0.500. The molecule has 1 aromatic carbocycles. The maximum absolute atomic E-state index is 12.6. The summed E-state index contributed by atoms with van der Waals surface area (Å²) in [5.41, 5.74) is -0.146. The van der Waals surface area contributed by atoms with Gasteiger partial charge in [0.05, 0.1) is 19.3 Å². The van der Waals surface area contributed by atoms with Crippen molar-refractivity contribution in [1.82, 2.24) is 4.90 Å². The molecule has 1 unspecified atom stereocenters. The molecule has 0 N–H and O–H groups in total. The van der Waals surface area contributed by atoms with Crippen molar-refractivity contribution >= 4 is 11.9 Å². The maximum atomic E-state index is 12.6. The highest BCUT2D eigenvalue weighted by molar-refractivity contribution is 6.01. The molecule has 124 valence electrons. The van der Waals surface area contributed by atoms with Crippen LogP contribution in [0.2, 0.25) is 0 Å². The topological polar surface area (TPSA) is 74.3 Å². The van der Waals surface area contributed by atoms with E-state index in [4.69, 9.17) is 18.9 Å². The van der Waals surface area contributed by atoms with Gasteiger partial charge in [0.2, 0.25) is 6.79 Å². The van der Waals surface area contributed by atoms with Crippen molar-refractivity contribution < 1.29 is 28.5 Å². The van der Waals surface area contributed by atoms with E-state index in [1.807, 2.05) is 0 Å². The Labute approximate surface area is 134 Å². The van der Waals surface area contributed by atoms with Gasteiger partial charge >= 0.3 is 6.09 Å². The van der Waals surface area contributed by atoms with E-state index in [1.54, 1.807) is 39.1 Å². The number of carbonyl (C=O) groups excluding carboxylic acids is 2. The molecule has 1 saturated heterocycles. The number of Topliss-reactive ketones (excluding diaryl/α,β-unsaturated/α-hetero) is 1. The number of hydrogen-bond donors (Lipinski definition) is 0. The van der Waals surface area contributed by atoms with Crippen LogP contribution in [0.1, 0.15) is 24.2 Å². The smallest absolute Gasteiger partial charge is 0.410 e. The van der Waals surface area contributed by atoms with Crippen molar-refractivity contribution in [1.29, 1.82) is 0 Å². The number of hydrogen-bond acceptors (Lipinski definition) is 6. The van der Waals surface area contributed by atoms with Crippen LogP contribution >= 0.6 is 0 Å². The van der Waals surface area contributed by atoms with E-state index >= 15 is 0 Å². The van der Waals surface area contributed by atoms with Crippen LogP contribution in [0.15, 0.2) is 18.2 Å². The zero-order valence-electron chi connectivity index (χ0n) is 13.3. The summed E-state index contributed by atoms with van der Waals surface area (Å²) in [6.45, 7) is 4.35. The monoisotopic (exact) mass is 321 g/mol. The van der Waals surface area contributed by atoms with Gasteiger partial charge < -0.3 is 23.8 Å². The molecule has 0 aliphatic carbocycles. The molecule has 1 fully saturated rings. The maximum Gasteiger partial charge on any atom is 0.410 e. The van der Waals surface area contributed by atoms with Gasteiger partial charge in [-0.05, 0) is 32.0 Å². The van der Waals surface area contributed by atoms with Gasteiger partial charge in [-0.1, -0.05) is 0 Å². The fourth-order valence-electron chi connectivity index (χ4n) is 2.36. The first kappa shape index (κ1) is 15.6. The van der Waals surface area contributed by atoms with Crippen LogP contribution in [0.3, 0.4) is 0 Å². The van der Waals surface area contributed by atoms with Crippen LogP contribution in [0.4, 0.5) is 4.79 Å². The van der Waals surface area contributed by atoms with Crippen LogP contribution in [0.25, 0.3) is 0 Å². The summed E-state index contributed by atoms with van der Waals surface area (Å²) < 4.78 is 20.9. The summed E-state index contributed by atoms with van der Waals surface area (Å²) in [7, 11) is 1.54. The van der Waals surface area contributed by atoms with Crippen molar-refractivity contribution in [2.75, 3.05) is 27.1 Å². The molecule has 1 amide bonds. The largest absolute Gasteiger partial charge is 0.454 e. The molecule has 7 nitrogen and oxygen atoms in total. The summed E-state index contributed by atoms with van der Waals surface area (Å²) in [5.74, 6) is 0.949. The zero-order valence-corrected chi connectivity index (χ0v) is 13.3. The van der Waals surface area contributed by atoms with Crippen LogP contribution in [0, 0.1) is 0 Å². The number of likely N-dealkylation sites (N-methyl/N-ethyl adjacent to an activating group) is 1. The Morgan fingerprint density at radius 3 is 2.61 bits per heavy atom. The molecule has 2 aliphatic rings. The standard InChI is InChI=1S/C16H19NO6/c1-10(17(3)15(19)23-16(2)7-20-8-16)14(18)11-4-5-12-13(6-11)22-9-21-12/h4-6,10H,7-9H2,1-3H3. The average molecular weight is 321 g/mol. The Kier molecular flexibility index (Phi) is 3.89. The summed E-state index contributed by atoms with van der Waals surface area (Å²) in [4.78, 5) is 26.0. The average Bonchev–Trinajstić information content (AvgIpc) is 2.98. The summed E-state index contributed by atoms with van der Waals surface area (Å²) in [5, 5.41) is 0. The van der Waals surface area contributed by atoms with Gasteiger partial charge in [0.1, 0.15) is 0 Å². The van der Waals surface area contributed by atoms with Gasteiger partial charge in [-0.3, -0.25) is 4.79 Å². The minimum Gasteiger partial charge on any atom is -0.454 e. The number of fused-ring (bicyclic) bond motifs is 1. The Morgan fingerprint density at radius 2 is 1.96 bits per heavy atom. The molecule has 0 spiro atoms. The molecule has 23 heavy (non-hydrogen) atoms. The Hall–Kier alpha value is -2.28. The number of amides is 1. The molecule has 1 aromatic rings. The van der Waals surface area contributed by atoms with Crippen molar-refractivity contribution in [2.24, 2.45) is 0 Å². The molecule has 0 bridgehead atoms. The first-order chi connectivity index (χ1) is 10.9. The second-order valence-corrected chi connectivity index (χ2v) is 6.03. The van der Waals surface area contributed by atoms with Crippen LogP contribution in [0.5, 0.6) is 11.5 Å². The number of ether oxygens (including phenoxy) is 4. The first-order valence-corrected chi connectivity index (χ1v) is 7.37. The number of rotatable bonds is 4. The fourth-order valence-corrected chi connectivity index (χ4v) is 2.36.